The summed E-state index contributed by atoms with van der Waals surface area (Å²) in [6.45, 7) is 4.55. The van der Waals surface area contributed by atoms with E-state index in [-0.39, 0.29) is 11.9 Å². The highest BCUT2D eigenvalue weighted by Crippen LogP contribution is 2.32. The summed E-state index contributed by atoms with van der Waals surface area (Å²) in [5, 5.41) is 11.4. The maximum Gasteiger partial charge on any atom is 0.308 e. The summed E-state index contributed by atoms with van der Waals surface area (Å²) >= 11 is 0. The van der Waals surface area contributed by atoms with E-state index in [1.165, 1.54) is 0 Å². The average Bonchev–Trinajstić information content (AvgIpc) is 2.39. The minimum atomic E-state index is -0.0423. The summed E-state index contributed by atoms with van der Waals surface area (Å²) in [7, 11) is 0. The number of carbonyl (C=O) groups is 1. The van der Waals surface area contributed by atoms with Gasteiger partial charge in [0.15, 0.2) is 0 Å². The first kappa shape index (κ1) is 14.8. The molecule has 102 valence electrons. The summed E-state index contributed by atoms with van der Waals surface area (Å²) in [4.78, 5) is 11.8. The summed E-state index contributed by atoms with van der Waals surface area (Å²) < 4.78 is 5.25. The molecular formula is C14H23NO3. The first-order valence-electron chi connectivity index (χ1n) is 6.79. The van der Waals surface area contributed by atoms with Crippen molar-refractivity contribution in [1.29, 1.82) is 0 Å². The molecule has 0 unspecified atom stereocenters. The lowest BCUT2D eigenvalue weighted by molar-refractivity contribution is -0.150. The van der Waals surface area contributed by atoms with Crippen LogP contribution in [0.15, 0.2) is 10.7 Å². The summed E-state index contributed by atoms with van der Waals surface area (Å²) in [5.74, 6) is 2.98. The maximum atomic E-state index is 11.8. The molecule has 0 atom stereocenters. The molecule has 4 nitrogen and oxygen atoms in total. The average molecular weight is 253 g/mol. The highest BCUT2D eigenvalue weighted by atomic mass is 16.5. The molecule has 0 spiro atoms. The Morgan fingerprint density at radius 2 is 1.94 bits per heavy atom. The first-order chi connectivity index (χ1) is 8.69. The van der Waals surface area contributed by atoms with Crippen LogP contribution in [0.25, 0.3) is 0 Å². The van der Waals surface area contributed by atoms with Crippen molar-refractivity contribution >= 4 is 11.8 Å². The summed E-state index contributed by atoms with van der Waals surface area (Å²) in [6.07, 6.45) is 5.60. The molecule has 1 N–H and O–H groups in total. The van der Waals surface area contributed by atoms with Gasteiger partial charge in [-0.2, -0.15) is 0 Å². The smallest absolute Gasteiger partial charge is 0.308 e. The van der Waals surface area contributed by atoms with E-state index in [1.54, 1.807) is 0 Å². The van der Waals surface area contributed by atoms with E-state index in [4.69, 9.17) is 9.94 Å². The SMILES string of the molecule is CCCCOC(=O)[C@H]1CC[C@@H](C(C)=C=NO)CC1. The Kier molecular flexibility index (Phi) is 6.51. The fourth-order valence-electron chi connectivity index (χ4n) is 2.37. The van der Waals surface area contributed by atoms with Gasteiger partial charge in [-0.1, -0.05) is 13.3 Å². The maximum absolute atomic E-state index is 11.8. The van der Waals surface area contributed by atoms with E-state index in [0.717, 1.165) is 44.1 Å². The standard InChI is InChI=1S/C14H23NO3/c1-3-4-9-18-14(16)13-7-5-12(6-8-13)11(2)10-15-17/h12-13,17H,3-9H2,1-2H3/t12-,13+. The number of nitrogens with zero attached hydrogens (tertiary/aromatic N) is 1. The second-order valence-corrected chi connectivity index (χ2v) is 4.96. The van der Waals surface area contributed by atoms with Crippen molar-refractivity contribution in [1.82, 2.24) is 0 Å². The lowest BCUT2D eigenvalue weighted by atomic mass is 9.79. The van der Waals surface area contributed by atoms with Crippen LogP contribution in [0.2, 0.25) is 0 Å². The Morgan fingerprint density at radius 1 is 1.33 bits per heavy atom. The number of hydrogen-bond donors (Lipinski definition) is 1. The van der Waals surface area contributed by atoms with Gasteiger partial charge < -0.3 is 9.94 Å². The van der Waals surface area contributed by atoms with Gasteiger partial charge in [0.25, 0.3) is 0 Å². The lowest BCUT2D eigenvalue weighted by Gasteiger charge is -2.26. The molecule has 0 aromatic heterocycles. The van der Waals surface area contributed by atoms with Crippen molar-refractivity contribution < 1.29 is 14.7 Å². The Hall–Kier alpha value is -1.28. The zero-order chi connectivity index (χ0) is 13.4. The zero-order valence-corrected chi connectivity index (χ0v) is 11.3. The molecule has 1 fully saturated rings. The zero-order valence-electron chi connectivity index (χ0n) is 11.3. The third-order valence-electron chi connectivity index (χ3n) is 3.64. The van der Waals surface area contributed by atoms with Gasteiger partial charge in [0.2, 0.25) is 0 Å². The summed E-state index contributed by atoms with van der Waals surface area (Å²) in [6, 6.07) is 0. The highest BCUT2D eigenvalue weighted by Gasteiger charge is 2.28. The molecule has 0 radical (unpaired) electrons. The van der Waals surface area contributed by atoms with Crippen molar-refractivity contribution in [2.24, 2.45) is 17.0 Å². The second-order valence-electron chi connectivity index (χ2n) is 4.96. The third kappa shape index (κ3) is 4.53. The molecule has 0 saturated heterocycles. The largest absolute Gasteiger partial charge is 0.465 e. The molecular weight excluding hydrogens is 230 g/mol. The minimum Gasteiger partial charge on any atom is -0.465 e. The van der Waals surface area contributed by atoms with Gasteiger partial charge in [0.1, 0.15) is 0 Å². The van der Waals surface area contributed by atoms with Gasteiger partial charge in [-0.3, -0.25) is 4.79 Å². The second kappa shape index (κ2) is 7.93. The normalized spacial score (nSPS) is 23.0. The predicted molar refractivity (Wildman–Crippen MR) is 69.7 cm³/mol. The van der Waals surface area contributed by atoms with Crippen LogP contribution >= 0.6 is 0 Å². The molecule has 1 rings (SSSR count). The van der Waals surface area contributed by atoms with Crippen molar-refractivity contribution in [3.05, 3.63) is 5.57 Å². The molecule has 0 bridgehead atoms. The van der Waals surface area contributed by atoms with Crippen LogP contribution in [0, 0.1) is 11.8 Å². The number of esters is 1. The fourth-order valence-corrected chi connectivity index (χ4v) is 2.37. The van der Waals surface area contributed by atoms with Crippen molar-refractivity contribution in [3.63, 3.8) is 0 Å². The summed E-state index contributed by atoms with van der Waals surface area (Å²) in [5.41, 5.74) is 0.968. The van der Waals surface area contributed by atoms with Gasteiger partial charge in [-0.15, -0.1) is 0 Å². The Bertz CT molecular complexity index is 324. The highest BCUT2D eigenvalue weighted by molar-refractivity contribution is 5.72. The van der Waals surface area contributed by atoms with E-state index in [1.807, 2.05) is 6.92 Å². The Balaban J connectivity index is 2.35. The van der Waals surface area contributed by atoms with Crippen molar-refractivity contribution in [2.75, 3.05) is 6.61 Å². The van der Waals surface area contributed by atoms with E-state index in [2.05, 4.69) is 17.9 Å². The number of ether oxygens (including phenoxy) is 1. The van der Waals surface area contributed by atoms with Crippen LogP contribution in [0.1, 0.15) is 52.4 Å². The van der Waals surface area contributed by atoms with Gasteiger partial charge in [-0.25, -0.2) is 0 Å². The molecule has 1 aliphatic rings. The number of allylic oxidation sites excluding steroid dienone is 1. The van der Waals surface area contributed by atoms with Gasteiger partial charge >= 0.3 is 5.97 Å². The first-order valence-corrected chi connectivity index (χ1v) is 6.79. The van der Waals surface area contributed by atoms with Gasteiger partial charge in [-0.05, 0) is 55.7 Å². The Labute approximate surface area is 109 Å². The number of rotatable bonds is 5. The molecule has 1 saturated carbocycles. The quantitative estimate of drug-likeness (QED) is 0.269. The Morgan fingerprint density at radius 3 is 2.50 bits per heavy atom. The van der Waals surface area contributed by atoms with E-state index >= 15 is 0 Å². The number of unbranched alkanes of at least 4 members (excludes halogenated alkanes) is 1. The molecule has 4 heteroatoms. The third-order valence-corrected chi connectivity index (χ3v) is 3.64. The van der Waals surface area contributed by atoms with E-state index < -0.39 is 0 Å². The topological polar surface area (TPSA) is 58.9 Å². The molecule has 18 heavy (non-hydrogen) atoms. The van der Waals surface area contributed by atoms with Crippen LogP contribution in [-0.2, 0) is 9.53 Å². The van der Waals surface area contributed by atoms with E-state index in [0.29, 0.717) is 12.5 Å². The number of hydrogen-bond acceptors (Lipinski definition) is 4. The van der Waals surface area contributed by atoms with Crippen LogP contribution in [0.5, 0.6) is 0 Å². The molecule has 0 heterocycles. The van der Waals surface area contributed by atoms with Crippen LogP contribution in [0.4, 0.5) is 0 Å². The van der Waals surface area contributed by atoms with Crippen LogP contribution in [0.3, 0.4) is 0 Å². The molecule has 1 aliphatic carbocycles. The fraction of sp³-hybridized carbons (Fsp3) is 0.786. The van der Waals surface area contributed by atoms with Crippen molar-refractivity contribution in [2.45, 2.75) is 52.4 Å². The lowest BCUT2D eigenvalue weighted by Crippen LogP contribution is -2.24. The molecule has 0 aromatic rings. The number of carbonyl (C=O) groups excluding carboxylic acids is 1. The van der Waals surface area contributed by atoms with E-state index in [9.17, 15) is 4.79 Å². The van der Waals surface area contributed by atoms with Crippen molar-refractivity contribution in [3.8, 4) is 0 Å². The molecule has 0 aliphatic heterocycles. The monoisotopic (exact) mass is 253 g/mol. The molecule has 0 amide bonds. The van der Waals surface area contributed by atoms with Crippen LogP contribution in [-0.4, -0.2) is 23.7 Å². The predicted octanol–water partition coefficient (Wildman–Crippen LogP) is 3.14. The van der Waals surface area contributed by atoms with Gasteiger partial charge in [0, 0.05) is 5.87 Å². The minimum absolute atomic E-state index is 0.0423. The van der Waals surface area contributed by atoms with Crippen LogP contribution < -0.4 is 0 Å². The molecule has 0 aromatic carbocycles. The van der Waals surface area contributed by atoms with Gasteiger partial charge in [0.05, 0.1) is 12.5 Å².